The summed E-state index contributed by atoms with van der Waals surface area (Å²) in [5, 5.41) is 75.7. The lowest BCUT2D eigenvalue weighted by Crippen LogP contribution is -2.49. The molecule has 27 nitrogen and oxygen atoms in total. The van der Waals surface area contributed by atoms with E-state index < -0.39 is 131 Å². The number of aliphatic carboxylic acids is 6. The van der Waals surface area contributed by atoms with Gasteiger partial charge in [0, 0.05) is 79.5 Å². The molecule has 0 spiro atoms. The van der Waals surface area contributed by atoms with Gasteiger partial charge in [-0.3, -0.25) is 77.3 Å². The summed E-state index contributed by atoms with van der Waals surface area (Å²) < 4.78 is 0. The molecule has 0 rings (SSSR count). The smallest absolute Gasteiger partial charge is 0.317 e. The summed E-state index contributed by atoms with van der Waals surface area (Å²) in [6, 6.07) is 0. The van der Waals surface area contributed by atoms with Crippen molar-refractivity contribution in [2.45, 2.75) is 6.10 Å². The molecule has 0 aliphatic rings. The molecule has 27 heteroatoms. The molecule has 0 aromatic heterocycles. The van der Waals surface area contributed by atoms with Crippen molar-refractivity contribution in [2.24, 2.45) is 0 Å². The average Bonchev–Trinajstić information content (AvgIpc) is 3.13. The summed E-state index contributed by atoms with van der Waals surface area (Å²) in [6.45, 7) is -6.11. The average molecular weight is 867 g/mol. The number of aliphatic hydroxyl groups excluding tert-OH is 1. The second kappa shape index (κ2) is 30.5. The van der Waals surface area contributed by atoms with Gasteiger partial charge in [0.15, 0.2) is 0 Å². The van der Waals surface area contributed by atoms with E-state index in [4.69, 9.17) is 10.2 Å². The highest BCUT2D eigenvalue weighted by Crippen LogP contribution is 1.99. The lowest BCUT2D eigenvalue weighted by molar-refractivity contribution is -0.141. The van der Waals surface area contributed by atoms with Crippen LogP contribution in [0.15, 0.2) is 0 Å². The number of hydrogen-bond donors (Lipinski definition) is 11. The fraction of sp³-hybridized carbons (Fsp3) is 0.697. The normalized spacial score (nSPS) is 11.4. The Labute approximate surface area is 344 Å². The van der Waals surface area contributed by atoms with Gasteiger partial charge < -0.3 is 57.0 Å². The van der Waals surface area contributed by atoms with Gasteiger partial charge in [-0.05, 0) is 0 Å². The molecule has 60 heavy (non-hydrogen) atoms. The van der Waals surface area contributed by atoms with Gasteiger partial charge >= 0.3 is 35.8 Å². The largest absolute Gasteiger partial charge is 0.480 e. The molecule has 0 aliphatic carbocycles. The van der Waals surface area contributed by atoms with Crippen LogP contribution in [-0.4, -0.2) is 276 Å². The van der Waals surface area contributed by atoms with Crippen molar-refractivity contribution in [3.63, 3.8) is 0 Å². The highest BCUT2D eigenvalue weighted by molar-refractivity contribution is 5.80. The molecular weight excluding hydrogens is 808 g/mol. The number of hydrogen-bond acceptors (Lipinski definition) is 17. The maximum Gasteiger partial charge on any atom is 0.317 e. The summed E-state index contributed by atoms with van der Waals surface area (Å²) in [4.78, 5) is 125. The highest BCUT2D eigenvalue weighted by Gasteiger charge is 2.22. The summed E-state index contributed by atoms with van der Waals surface area (Å²) in [5.41, 5.74) is 0. The predicted molar refractivity (Wildman–Crippen MR) is 205 cm³/mol. The number of nitrogens with zero attached hydrogens (tertiary/aromatic N) is 6. The third kappa shape index (κ3) is 29.6. The van der Waals surface area contributed by atoms with Crippen LogP contribution in [0.25, 0.3) is 0 Å². The molecule has 0 aromatic rings. The molecule has 0 radical (unpaired) electrons. The lowest BCUT2D eigenvalue weighted by Gasteiger charge is -2.28. The van der Waals surface area contributed by atoms with Crippen LogP contribution in [0.3, 0.4) is 0 Å². The number of nitrogens with one attached hydrogen (secondary N) is 4. The monoisotopic (exact) mass is 866 g/mol. The molecule has 0 bridgehead atoms. The minimum Gasteiger partial charge on any atom is -0.480 e. The third-order valence-electron chi connectivity index (χ3n) is 8.18. The van der Waals surface area contributed by atoms with E-state index in [-0.39, 0.29) is 65.4 Å². The molecule has 342 valence electrons. The number of carbonyl (C=O) groups is 10. The lowest BCUT2D eigenvalue weighted by atomic mass is 10.3. The van der Waals surface area contributed by atoms with E-state index in [9.17, 15) is 73.5 Å². The first-order valence-electron chi connectivity index (χ1n) is 18.4. The van der Waals surface area contributed by atoms with Gasteiger partial charge in [-0.15, -0.1) is 0 Å². The standard InChI is InChI=1S/C33H58N10O17/c1-34-24(45)13-40(19-30(53)54)7-3-38(17-28(49)50)5-9-42(21-32(57)58)15-26(47)36-11-23(44)12-37-27(48)16-43(22-33(59)60)10-6-39(18-29(51)52)4-8-41(20-31(55)56)14-25(46)35-2/h23,44H,3-22H2,1-2H3,(H,34,45)(H,35,46)(H,36,47)(H,37,48)(H,49,50)(H,51,52)(H,53,54)(H,55,56)(H,57,58)(H,59,60). The Bertz CT molecular complexity index is 1350. The second-order valence-corrected chi connectivity index (χ2v) is 13.4. The number of carboxylic acid groups (broad SMARTS) is 6. The van der Waals surface area contributed by atoms with E-state index in [1.54, 1.807) is 0 Å². The van der Waals surface area contributed by atoms with Gasteiger partial charge in [0.25, 0.3) is 0 Å². The van der Waals surface area contributed by atoms with Crippen LogP contribution in [-0.2, 0) is 47.9 Å². The van der Waals surface area contributed by atoms with E-state index in [1.165, 1.54) is 43.5 Å². The van der Waals surface area contributed by atoms with Crippen LogP contribution in [0.2, 0.25) is 0 Å². The number of rotatable bonds is 36. The van der Waals surface area contributed by atoms with E-state index in [0.717, 1.165) is 0 Å². The van der Waals surface area contributed by atoms with Crippen LogP contribution in [0, 0.1) is 0 Å². The Morgan fingerprint density at radius 3 is 0.767 bits per heavy atom. The van der Waals surface area contributed by atoms with Gasteiger partial charge in [-0.1, -0.05) is 0 Å². The number of aliphatic hydroxyl groups is 1. The third-order valence-corrected chi connectivity index (χ3v) is 8.18. The maximum atomic E-state index is 12.7. The van der Waals surface area contributed by atoms with Crippen molar-refractivity contribution in [3.8, 4) is 0 Å². The van der Waals surface area contributed by atoms with Crippen LogP contribution in [0.1, 0.15) is 0 Å². The first-order valence-corrected chi connectivity index (χ1v) is 18.4. The van der Waals surface area contributed by atoms with Crippen LogP contribution in [0.4, 0.5) is 0 Å². The molecule has 4 amide bonds. The molecule has 0 aliphatic heterocycles. The van der Waals surface area contributed by atoms with Gasteiger partial charge in [-0.2, -0.15) is 0 Å². The Hall–Kier alpha value is -5.58. The quantitative estimate of drug-likeness (QED) is 0.0279. The summed E-state index contributed by atoms with van der Waals surface area (Å²) >= 11 is 0. The van der Waals surface area contributed by atoms with Crippen LogP contribution >= 0.6 is 0 Å². The highest BCUT2D eigenvalue weighted by atomic mass is 16.4. The maximum absolute atomic E-state index is 12.7. The first-order chi connectivity index (χ1) is 28.1. The van der Waals surface area contributed by atoms with E-state index in [2.05, 4.69) is 21.3 Å². The molecular formula is C33H58N10O17. The fourth-order valence-corrected chi connectivity index (χ4v) is 5.29. The molecule has 11 N–H and O–H groups in total. The van der Waals surface area contributed by atoms with E-state index >= 15 is 0 Å². The molecule has 0 heterocycles. The number of carbonyl (C=O) groups excluding carboxylic acids is 4. The van der Waals surface area contributed by atoms with Crippen LogP contribution < -0.4 is 21.3 Å². The van der Waals surface area contributed by atoms with Crippen molar-refractivity contribution < 1.29 is 83.7 Å². The van der Waals surface area contributed by atoms with Crippen molar-refractivity contribution in [1.82, 2.24) is 50.7 Å². The zero-order valence-electron chi connectivity index (χ0n) is 33.6. The number of carboxylic acids is 6. The van der Waals surface area contributed by atoms with E-state index in [1.807, 2.05) is 0 Å². The topological polar surface area (TPSA) is 380 Å². The Morgan fingerprint density at radius 1 is 0.350 bits per heavy atom. The zero-order valence-corrected chi connectivity index (χ0v) is 33.6. The fourth-order valence-electron chi connectivity index (χ4n) is 5.29. The second-order valence-electron chi connectivity index (χ2n) is 13.4. The molecule has 0 atom stereocenters. The summed E-state index contributed by atoms with van der Waals surface area (Å²) in [5.74, 6) is -9.92. The summed E-state index contributed by atoms with van der Waals surface area (Å²) in [6.07, 6.45) is -1.36. The molecule has 0 saturated heterocycles. The molecule has 0 fully saturated rings. The minimum atomic E-state index is -1.36. The van der Waals surface area contributed by atoms with Gasteiger partial charge in [0.2, 0.25) is 23.6 Å². The van der Waals surface area contributed by atoms with E-state index in [0.29, 0.717) is 0 Å². The van der Waals surface area contributed by atoms with Crippen molar-refractivity contribution in [2.75, 3.05) is 145 Å². The summed E-state index contributed by atoms with van der Waals surface area (Å²) in [7, 11) is 2.73. The molecule has 0 aromatic carbocycles. The predicted octanol–water partition coefficient (Wildman–Crippen LogP) is -7.61. The SMILES string of the molecule is CNC(=O)CN(CCN(CCN(CC(=O)O)CC(=O)NCC(O)CNC(=O)CN(CCN(CCN(CC(=O)O)CC(=O)NC)CC(=O)O)CC(=O)O)CC(=O)O)CC(=O)O. The van der Waals surface area contributed by atoms with Gasteiger partial charge in [-0.25, -0.2) is 0 Å². The first kappa shape index (κ1) is 54.4. The van der Waals surface area contributed by atoms with Gasteiger partial charge in [0.1, 0.15) is 0 Å². The number of amides is 4. The van der Waals surface area contributed by atoms with Gasteiger partial charge in [0.05, 0.1) is 71.6 Å². The van der Waals surface area contributed by atoms with Crippen molar-refractivity contribution in [1.29, 1.82) is 0 Å². The Morgan fingerprint density at radius 2 is 0.550 bits per heavy atom. The van der Waals surface area contributed by atoms with Crippen LogP contribution in [0.5, 0.6) is 0 Å². The molecule has 0 unspecified atom stereocenters. The van der Waals surface area contributed by atoms with Crippen molar-refractivity contribution in [3.05, 3.63) is 0 Å². The minimum absolute atomic E-state index is 0.0185. The van der Waals surface area contributed by atoms with Crippen molar-refractivity contribution >= 4 is 59.4 Å². The molecule has 0 saturated carbocycles. The Balaban J connectivity index is 5.24. The zero-order chi connectivity index (χ0) is 45.8. The Kier molecular flexibility index (Phi) is 27.6. The number of likely N-dealkylation sites (N-methyl/N-ethyl adjacent to an activating group) is 2.